The first-order chi connectivity index (χ1) is 10.3. The van der Waals surface area contributed by atoms with Gasteiger partial charge in [-0.1, -0.05) is 29.3 Å². The minimum absolute atomic E-state index is 0.275. The predicted octanol–water partition coefficient (Wildman–Crippen LogP) is 5.02. The van der Waals surface area contributed by atoms with E-state index in [1.54, 1.807) is 25.1 Å². The van der Waals surface area contributed by atoms with Crippen molar-refractivity contribution in [3.8, 4) is 5.75 Å². The highest BCUT2D eigenvalue weighted by molar-refractivity contribution is 6.36. The van der Waals surface area contributed by atoms with Gasteiger partial charge in [0.25, 0.3) is 5.91 Å². The van der Waals surface area contributed by atoms with Crippen molar-refractivity contribution >= 4 is 34.8 Å². The highest BCUT2D eigenvalue weighted by Crippen LogP contribution is 2.26. The van der Waals surface area contributed by atoms with Crippen molar-refractivity contribution in [2.75, 3.05) is 5.32 Å². The van der Waals surface area contributed by atoms with Crippen LogP contribution in [0.25, 0.3) is 0 Å². The lowest BCUT2D eigenvalue weighted by Gasteiger charge is -2.16. The molecule has 1 unspecified atom stereocenters. The van der Waals surface area contributed by atoms with Crippen LogP contribution in [0.5, 0.6) is 5.75 Å². The van der Waals surface area contributed by atoms with Crippen LogP contribution in [0.4, 0.5) is 5.69 Å². The van der Waals surface area contributed by atoms with E-state index < -0.39 is 6.10 Å². The number of aryl methyl sites for hydroxylation is 2. The quantitative estimate of drug-likeness (QED) is 0.850. The van der Waals surface area contributed by atoms with Gasteiger partial charge < -0.3 is 10.1 Å². The molecule has 22 heavy (non-hydrogen) atoms. The third kappa shape index (κ3) is 4.39. The van der Waals surface area contributed by atoms with Gasteiger partial charge in [-0.25, -0.2) is 0 Å². The van der Waals surface area contributed by atoms with Crippen molar-refractivity contribution in [2.24, 2.45) is 0 Å². The molecule has 2 rings (SSSR count). The van der Waals surface area contributed by atoms with E-state index in [9.17, 15) is 4.79 Å². The SMILES string of the molecule is Cc1cc(C)cc(OC(C)C(=O)Nc2ccc(Cl)cc2Cl)c1. The summed E-state index contributed by atoms with van der Waals surface area (Å²) in [6.45, 7) is 5.66. The summed E-state index contributed by atoms with van der Waals surface area (Å²) in [6, 6.07) is 10.7. The fourth-order valence-corrected chi connectivity index (χ4v) is 2.54. The Morgan fingerprint density at radius 3 is 2.32 bits per heavy atom. The van der Waals surface area contributed by atoms with E-state index in [4.69, 9.17) is 27.9 Å². The van der Waals surface area contributed by atoms with Crippen LogP contribution in [0.3, 0.4) is 0 Å². The maximum absolute atomic E-state index is 12.2. The minimum Gasteiger partial charge on any atom is -0.481 e. The van der Waals surface area contributed by atoms with E-state index >= 15 is 0 Å². The molecular formula is C17H17Cl2NO2. The van der Waals surface area contributed by atoms with Gasteiger partial charge in [0.1, 0.15) is 5.75 Å². The van der Waals surface area contributed by atoms with Gasteiger partial charge in [0.05, 0.1) is 10.7 Å². The van der Waals surface area contributed by atoms with Crippen LogP contribution < -0.4 is 10.1 Å². The first kappa shape index (κ1) is 16.7. The number of rotatable bonds is 4. The van der Waals surface area contributed by atoms with E-state index in [2.05, 4.69) is 5.32 Å². The van der Waals surface area contributed by atoms with Crippen LogP contribution in [0, 0.1) is 13.8 Å². The van der Waals surface area contributed by atoms with Crippen molar-refractivity contribution in [1.82, 2.24) is 0 Å². The van der Waals surface area contributed by atoms with Crippen LogP contribution in [0.15, 0.2) is 36.4 Å². The summed E-state index contributed by atoms with van der Waals surface area (Å²) in [5.74, 6) is 0.394. The fraction of sp³-hybridized carbons (Fsp3) is 0.235. The minimum atomic E-state index is -0.645. The number of benzene rings is 2. The zero-order valence-corrected chi connectivity index (χ0v) is 14.1. The summed E-state index contributed by atoms with van der Waals surface area (Å²) in [5.41, 5.74) is 2.68. The highest BCUT2D eigenvalue weighted by Gasteiger charge is 2.16. The van der Waals surface area contributed by atoms with Crippen LogP contribution in [0.1, 0.15) is 18.1 Å². The lowest BCUT2D eigenvalue weighted by molar-refractivity contribution is -0.122. The molecule has 1 amide bonds. The van der Waals surface area contributed by atoms with Crippen molar-refractivity contribution in [1.29, 1.82) is 0 Å². The van der Waals surface area contributed by atoms with Gasteiger partial charge >= 0.3 is 0 Å². The number of nitrogens with one attached hydrogen (secondary N) is 1. The molecular weight excluding hydrogens is 321 g/mol. The Bertz CT molecular complexity index is 681. The molecule has 0 aliphatic rings. The number of halogens is 2. The predicted molar refractivity (Wildman–Crippen MR) is 91.1 cm³/mol. The van der Waals surface area contributed by atoms with E-state index in [0.29, 0.717) is 21.5 Å². The van der Waals surface area contributed by atoms with Crippen molar-refractivity contribution < 1.29 is 9.53 Å². The van der Waals surface area contributed by atoms with Crippen molar-refractivity contribution in [3.05, 3.63) is 57.6 Å². The number of hydrogen-bond donors (Lipinski definition) is 1. The molecule has 0 saturated heterocycles. The van der Waals surface area contributed by atoms with Crippen LogP contribution in [-0.4, -0.2) is 12.0 Å². The number of ether oxygens (including phenoxy) is 1. The molecule has 1 atom stereocenters. The molecule has 0 heterocycles. The molecule has 1 N–H and O–H groups in total. The molecule has 0 aromatic heterocycles. The topological polar surface area (TPSA) is 38.3 Å². The lowest BCUT2D eigenvalue weighted by atomic mass is 10.1. The average Bonchev–Trinajstić information content (AvgIpc) is 2.40. The van der Waals surface area contributed by atoms with Gasteiger partial charge in [-0.2, -0.15) is 0 Å². The Balaban J connectivity index is 2.05. The van der Waals surface area contributed by atoms with Gasteiger partial charge in [-0.05, 0) is 62.2 Å². The molecule has 5 heteroatoms. The molecule has 0 fully saturated rings. The Morgan fingerprint density at radius 2 is 1.73 bits per heavy atom. The maximum atomic E-state index is 12.2. The molecule has 116 valence electrons. The van der Waals surface area contributed by atoms with Crippen LogP contribution in [-0.2, 0) is 4.79 Å². The lowest BCUT2D eigenvalue weighted by Crippen LogP contribution is -2.30. The van der Waals surface area contributed by atoms with Gasteiger partial charge in [0.2, 0.25) is 0 Å². The van der Waals surface area contributed by atoms with Gasteiger partial charge in [0.15, 0.2) is 6.10 Å². The summed E-state index contributed by atoms with van der Waals surface area (Å²) < 4.78 is 5.69. The average molecular weight is 338 g/mol. The molecule has 2 aromatic carbocycles. The first-order valence-corrected chi connectivity index (χ1v) is 7.61. The number of anilines is 1. The van der Waals surface area contributed by atoms with Gasteiger partial charge in [0, 0.05) is 5.02 Å². The molecule has 0 radical (unpaired) electrons. The Labute approximate surface area is 140 Å². The standard InChI is InChI=1S/C17H17Cl2NO2/c1-10-6-11(2)8-14(7-10)22-12(3)17(21)20-16-5-4-13(18)9-15(16)19/h4-9,12H,1-3H3,(H,20,21). The number of hydrogen-bond acceptors (Lipinski definition) is 2. The summed E-state index contributed by atoms with van der Waals surface area (Å²) in [4.78, 5) is 12.2. The first-order valence-electron chi connectivity index (χ1n) is 6.86. The van der Waals surface area contributed by atoms with E-state index in [-0.39, 0.29) is 5.91 Å². The van der Waals surface area contributed by atoms with E-state index in [1.807, 2.05) is 32.0 Å². The molecule has 0 spiro atoms. The second-order valence-corrected chi connectivity index (χ2v) is 6.04. The van der Waals surface area contributed by atoms with Crippen LogP contribution >= 0.6 is 23.2 Å². The molecule has 3 nitrogen and oxygen atoms in total. The second-order valence-electron chi connectivity index (χ2n) is 5.20. The molecule has 0 bridgehead atoms. The van der Waals surface area contributed by atoms with Gasteiger partial charge in [-0.3, -0.25) is 4.79 Å². The largest absolute Gasteiger partial charge is 0.481 e. The van der Waals surface area contributed by atoms with Crippen LogP contribution in [0.2, 0.25) is 10.0 Å². The van der Waals surface area contributed by atoms with E-state index in [0.717, 1.165) is 11.1 Å². The summed E-state index contributed by atoms with van der Waals surface area (Å²) >= 11 is 11.9. The highest BCUT2D eigenvalue weighted by atomic mass is 35.5. The Hall–Kier alpha value is -1.71. The third-order valence-electron chi connectivity index (χ3n) is 3.07. The third-order valence-corrected chi connectivity index (χ3v) is 3.61. The molecule has 0 aliphatic heterocycles. The smallest absolute Gasteiger partial charge is 0.265 e. The zero-order valence-electron chi connectivity index (χ0n) is 12.6. The maximum Gasteiger partial charge on any atom is 0.265 e. The number of carbonyl (C=O) groups is 1. The van der Waals surface area contributed by atoms with Crippen molar-refractivity contribution in [2.45, 2.75) is 26.9 Å². The van der Waals surface area contributed by atoms with Gasteiger partial charge in [-0.15, -0.1) is 0 Å². The monoisotopic (exact) mass is 337 g/mol. The summed E-state index contributed by atoms with van der Waals surface area (Å²) in [6.07, 6.45) is -0.645. The second kappa shape index (κ2) is 7.03. The van der Waals surface area contributed by atoms with Crippen molar-refractivity contribution in [3.63, 3.8) is 0 Å². The Morgan fingerprint density at radius 1 is 1.09 bits per heavy atom. The van der Waals surface area contributed by atoms with E-state index in [1.165, 1.54) is 0 Å². The molecule has 0 aliphatic carbocycles. The molecule has 2 aromatic rings. The number of carbonyl (C=O) groups excluding carboxylic acids is 1. The fourth-order valence-electron chi connectivity index (χ4n) is 2.08. The molecule has 0 saturated carbocycles. The Kier molecular flexibility index (Phi) is 5.33. The summed E-state index contributed by atoms with van der Waals surface area (Å²) in [7, 11) is 0. The zero-order chi connectivity index (χ0) is 16.3. The summed E-state index contributed by atoms with van der Waals surface area (Å²) in [5, 5.41) is 3.64. The number of amides is 1. The normalized spacial score (nSPS) is 11.9.